The van der Waals surface area contributed by atoms with Crippen LogP contribution < -0.4 is 20.1 Å². The molecular weight excluding hydrogens is 490 g/mol. The number of piperazine rings is 1. The Morgan fingerprint density at radius 1 is 0.838 bits per heavy atom. The molecule has 4 rings (SSSR count). The summed E-state index contributed by atoms with van der Waals surface area (Å²) in [5, 5.41) is 0. The Morgan fingerprint density at radius 3 is 2.16 bits per heavy atom. The van der Waals surface area contributed by atoms with E-state index >= 15 is 0 Å². The van der Waals surface area contributed by atoms with Gasteiger partial charge in [0.1, 0.15) is 0 Å². The van der Waals surface area contributed by atoms with Gasteiger partial charge in [0.2, 0.25) is 5.91 Å². The van der Waals surface area contributed by atoms with Crippen LogP contribution in [0, 0.1) is 0 Å². The van der Waals surface area contributed by atoms with Gasteiger partial charge in [-0.25, -0.2) is 8.42 Å². The van der Waals surface area contributed by atoms with E-state index in [-0.39, 0.29) is 22.8 Å². The molecule has 0 radical (unpaired) electrons. The molecule has 1 heterocycles. The fourth-order valence-electron chi connectivity index (χ4n) is 4.12. The number of benzene rings is 3. The van der Waals surface area contributed by atoms with Gasteiger partial charge in [-0.15, -0.1) is 0 Å². The fraction of sp³-hybridized carbons (Fsp3) is 0.259. The van der Waals surface area contributed by atoms with Crippen LogP contribution in [-0.2, 0) is 14.8 Å². The Kier molecular flexibility index (Phi) is 8.42. The number of para-hydroxylation sites is 2. The Hall–Kier alpha value is -3.89. The van der Waals surface area contributed by atoms with E-state index in [4.69, 9.17) is 0 Å². The maximum absolute atomic E-state index is 13.0. The maximum atomic E-state index is 13.0. The van der Waals surface area contributed by atoms with Gasteiger partial charge in [-0.05, 0) is 42.5 Å². The molecule has 194 valence electrons. The lowest BCUT2D eigenvalue weighted by Gasteiger charge is -2.36. The van der Waals surface area contributed by atoms with Crippen LogP contribution in [0.5, 0.6) is 0 Å². The molecule has 10 heteroatoms. The van der Waals surface area contributed by atoms with Gasteiger partial charge in [0, 0.05) is 57.4 Å². The van der Waals surface area contributed by atoms with E-state index in [0.29, 0.717) is 12.2 Å². The van der Waals surface area contributed by atoms with Crippen molar-refractivity contribution in [2.45, 2.75) is 11.3 Å². The van der Waals surface area contributed by atoms with Gasteiger partial charge in [-0.3, -0.25) is 29.6 Å². The molecule has 37 heavy (non-hydrogen) atoms. The monoisotopic (exact) mass is 521 g/mol. The molecular formula is C27H31N5O4S. The number of sulfonamides is 1. The predicted octanol–water partition coefficient (Wildman–Crippen LogP) is 2.49. The number of amides is 2. The van der Waals surface area contributed by atoms with Crippen LogP contribution in [0.3, 0.4) is 0 Å². The summed E-state index contributed by atoms with van der Waals surface area (Å²) in [4.78, 5) is 29.4. The van der Waals surface area contributed by atoms with Crippen molar-refractivity contribution < 1.29 is 18.0 Å². The van der Waals surface area contributed by atoms with Crippen molar-refractivity contribution in [1.82, 2.24) is 15.8 Å². The highest BCUT2D eigenvalue weighted by Crippen LogP contribution is 2.22. The van der Waals surface area contributed by atoms with Crippen LogP contribution in [-0.4, -0.2) is 64.9 Å². The van der Waals surface area contributed by atoms with E-state index in [0.717, 1.165) is 30.5 Å². The maximum Gasteiger partial charge on any atom is 0.269 e. The number of rotatable bonds is 8. The Labute approximate surface area is 217 Å². The average Bonchev–Trinajstić information content (AvgIpc) is 2.95. The average molecular weight is 522 g/mol. The van der Waals surface area contributed by atoms with Crippen molar-refractivity contribution in [3.8, 4) is 0 Å². The third kappa shape index (κ3) is 6.66. The summed E-state index contributed by atoms with van der Waals surface area (Å²) in [6.07, 6.45) is 0.238. The van der Waals surface area contributed by atoms with E-state index in [1.807, 2.05) is 18.2 Å². The van der Waals surface area contributed by atoms with E-state index in [1.165, 1.54) is 37.0 Å². The molecule has 0 spiro atoms. The van der Waals surface area contributed by atoms with Crippen LogP contribution in [0.15, 0.2) is 89.8 Å². The van der Waals surface area contributed by atoms with Crippen molar-refractivity contribution in [3.63, 3.8) is 0 Å². The quantitative estimate of drug-likeness (QED) is 0.442. The molecule has 2 N–H and O–H groups in total. The molecule has 0 unspecified atom stereocenters. The molecule has 0 aromatic heterocycles. The highest BCUT2D eigenvalue weighted by molar-refractivity contribution is 7.92. The molecule has 1 aliphatic rings. The first-order chi connectivity index (χ1) is 17.8. The topological polar surface area (TPSA) is 102 Å². The van der Waals surface area contributed by atoms with Crippen molar-refractivity contribution >= 4 is 33.2 Å². The van der Waals surface area contributed by atoms with Crippen molar-refractivity contribution in [2.24, 2.45) is 0 Å². The second-order valence-electron chi connectivity index (χ2n) is 8.75. The van der Waals surface area contributed by atoms with Gasteiger partial charge in [0.15, 0.2) is 0 Å². The highest BCUT2D eigenvalue weighted by Gasteiger charge is 2.23. The second-order valence-corrected chi connectivity index (χ2v) is 10.7. The molecule has 0 bridgehead atoms. The molecule has 0 saturated carbocycles. The minimum Gasteiger partial charge on any atom is -0.369 e. The molecule has 9 nitrogen and oxygen atoms in total. The standard InChI is InChI=1S/C27H31N5O4S/c1-30(23-10-4-2-5-11-23)37(35,36)25-14-8-9-22(21-25)27(34)29-28-26(33)15-16-31-17-19-32(20-18-31)24-12-6-3-7-13-24/h2-14,21H,15-20H2,1H3,(H,28,33)(H,29,34). The molecule has 0 atom stereocenters. The number of hydrogen-bond donors (Lipinski definition) is 2. The van der Waals surface area contributed by atoms with Crippen LogP contribution in [0.25, 0.3) is 0 Å². The minimum absolute atomic E-state index is 0.0209. The number of hydrazine groups is 1. The fourth-order valence-corrected chi connectivity index (χ4v) is 5.36. The predicted molar refractivity (Wildman–Crippen MR) is 144 cm³/mol. The first kappa shape index (κ1) is 26.2. The highest BCUT2D eigenvalue weighted by atomic mass is 32.2. The summed E-state index contributed by atoms with van der Waals surface area (Å²) in [7, 11) is -2.41. The molecule has 1 aliphatic heterocycles. The molecule has 1 fully saturated rings. The van der Waals surface area contributed by atoms with Gasteiger partial charge < -0.3 is 4.90 Å². The SMILES string of the molecule is CN(c1ccccc1)S(=O)(=O)c1cccc(C(=O)NNC(=O)CCN2CCN(c3ccccc3)CC2)c1. The van der Waals surface area contributed by atoms with E-state index in [1.54, 1.807) is 30.3 Å². The second kappa shape index (κ2) is 11.9. The van der Waals surface area contributed by atoms with Crippen LogP contribution in [0.1, 0.15) is 16.8 Å². The van der Waals surface area contributed by atoms with Gasteiger partial charge >= 0.3 is 0 Å². The molecule has 3 aromatic carbocycles. The summed E-state index contributed by atoms with van der Waals surface area (Å²) < 4.78 is 27.2. The lowest BCUT2D eigenvalue weighted by molar-refractivity contribution is -0.122. The van der Waals surface area contributed by atoms with Crippen LogP contribution in [0.4, 0.5) is 11.4 Å². The van der Waals surface area contributed by atoms with Crippen molar-refractivity contribution in [3.05, 3.63) is 90.5 Å². The zero-order valence-electron chi connectivity index (χ0n) is 20.7. The Balaban J connectivity index is 1.25. The smallest absolute Gasteiger partial charge is 0.269 e. The largest absolute Gasteiger partial charge is 0.369 e. The first-order valence-electron chi connectivity index (χ1n) is 12.1. The number of carbonyl (C=O) groups excluding carboxylic acids is 2. The van der Waals surface area contributed by atoms with Gasteiger partial charge in [0.05, 0.1) is 10.6 Å². The summed E-state index contributed by atoms with van der Waals surface area (Å²) in [6.45, 7) is 4.08. The number of nitrogens with zero attached hydrogens (tertiary/aromatic N) is 3. The number of nitrogens with one attached hydrogen (secondary N) is 2. The van der Waals surface area contributed by atoms with Crippen LogP contribution >= 0.6 is 0 Å². The van der Waals surface area contributed by atoms with Crippen molar-refractivity contribution in [1.29, 1.82) is 0 Å². The van der Waals surface area contributed by atoms with Gasteiger partial charge in [0.25, 0.3) is 15.9 Å². The zero-order chi connectivity index (χ0) is 26.3. The lowest BCUT2D eigenvalue weighted by atomic mass is 10.2. The Morgan fingerprint density at radius 2 is 1.49 bits per heavy atom. The first-order valence-corrected chi connectivity index (χ1v) is 13.5. The number of anilines is 2. The molecule has 1 saturated heterocycles. The number of hydrogen-bond acceptors (Lipinski definition) is 6. The normalized spacial score (nSPS) is 14.1. The van der Waals surface area contributed by atoms with E-state index in [9.17, 15) is 18.0 Å². The number of carbonyl (C=O) groups is 2. The summed E-state index contributed by atoms with van der Waals surface area (Å²) in [5.74, 6) is -0.907. The minimum atomic E-state index is -3.87. The lowest BCUT2D eigenvalue weighted by Crippen LogP contribution is -2.48. The summed E-state index contributed by atoms with van der Waals surface area (Å²) >= 11 is 0. The van der Waals surface area contributed by atoms with Gasteiger partial charge in [-0.2, -0.15) is 0 Å². The van der Waals surface area contributed by atoms with E-state index in [2.05, 4.69) is 32.8 Å². The third-order valence-electron chi connectivity index (χ3n) is 6.34. The zero-order valence-corrected chi connectivity index (χ0v) is 21.5. The van der Waals surface area contributed by atoms with Crippen molar-refractivity contribution in [2.75, 3.05) is 49.0 Å². The molecule has 2 amide bonds. The van der Waals surface area contributed by atoms with Gasteiger partial charge in [-0.1, -0.05) is 42.5 Å². The van der Waals surface area contributed by atoms with Crippen LogP contribution in [0.2, 0.25) is 0 Å². The molecule has 3 aromatic rings. The third-order valence-corrected chi connectivity index (χ3v) is 8.12. The summed E-state index contributed by atoms with van der Waals surface area (Å²) in [5.41, 5.74) is 6.64. The molecule has 0 aliphatic carbocycles. The summed E-state index contributed by atoms with van der Waals surface area (Å²) in [6, 6.07) is 24.6. The Bertz CT molecular complexity index is 1310. The van der Waals surface area contributed by atoms with E-state index < -0.39 is 15.9 Å².